The molecule has 1 aromatic heterocycles. The van der Waals surface area contributed by atoms with Crippen LogP contribution >= 0.6 is 22.2 Å². The molecule has 0 unspecified atom stereocenters. The van der Waals surface area contributed by atoms with Gasteiger partial charge in [0.1, 0.15) is 22.1 Å². The van der Waals surface area contributed by atoms with E-state index in [2.05, 4.69) is 20.5 Å². The molecule has 2 aliphatic rings. The van der Waals surface area contributed by atoms with E-state index in [1.54, 1.807) is 13.0 Å². The van der Waals surface area contributed by atoms with Crippen LogP contribution in [0.25, 0.3) is 0 Å². The Morgan fingerprint density at radius 1 is 1.30 bits per heavy atom. The molecule has 1 atom stereocenters. The maximum atomic E-state index is 15.0. The lowest BCUT2D eigenvalue weighted by Crippen LogP contribution is -2.66. The van der Waals surface area contributed by atoms with Crippen molar-refractivity contribution in [1.29, 1.82) is 5.41 Å². The lowest BCUT2D eigenvalue weighted by Gasteiger charge is -2.60. The summed E-state index contributed by atoms with van der Waals surface area (Å²) in [4.78, 5) is 18.6. The number of likely N-dealkylation sites (tertiary alicyclic amines) is 1. The molecule has 1 spiro atoms. The fraction of sp³-hybridized carbons (Fsp3) is 0.409. The fourth-order valence-corrected chi connectivity index (χ4v) is 7.20. The first-order valence-corrected chi connectivity index (χ1v) is 12.6. The van der Waals surface area contributed by atoms with Gasteiger partial charge in [0, 0.05) is 30.5 Å². The van der Waals surface area contributed by atoms with Crippen molar-refractivity contribution in [2.45, 2.75) is 30.1 Å². The average Bonchev–Trinajstić information content (AvgIpc) is 2.74. The van der Waals surface area contributed by atoms with Crippen LogP contribution in [0.4, 0.5) is 10.1 Å². The summed E-state index contributed by atoms with van der Waals surface area (Å²) < 4.78 is 36.3. The van der Waals surface area contributed by atoms with Crippen molar-refractivity contribution in [2.24, 2.45) is 0 Å². The van der Waals surface area contributed by atoms with Crippen molar-refractivity contribution in [3.05, 3.63) is 58.6 Å². The molecule has 5 N–H and O–H groups in total. The van der Waals surface area contributed by atoms with E-state index in [1.807, 2.05) is 7.05 Å². The summed E-state index contributed by atoms with van der Waals surface area (Å²) in [6.07, 6.45) is 2.25. The fourth-order valence-electron chi connectivity index (χ4n) is 4.56. The molecule has 2 fully saturated rings. The molecule has 2 saturated heterocycles. The molecule has 0 saturated carbocycles. The zero-order chi connectivity index (χ0) is 24.0. The largest absolute Gasteiger partial charge is 0.361 e. The first-order chi connectivity index (χ1) is 15.5. The zero-order valence-electron chi connectivity index (χ0n) is 18.4. The van der Waals surface area contributed by atoms with Gasteiger partial charge in [-0.05, 0) is 57.1 Å². The van der Waals surface area contributed by atoms with E-state index >= 15 is 0 Å². The maximum absolute atomic E-state index is 15.0. The maximum Gasteiger partial charge on any atom is 0.274 e. The Morgan fingerprint density at radius 3 is 2.61 bits per heavy atom. The van der Waals surface area contributed by atoms with Gasteiger partial charge in [0.25, 0.3) is 5.91 Å². The van der Waals surface area contributed by atoms with Gasteiger partial charge in [0.15, 0.2) is 0 Å². The third-order valence-corrected chi connectivity index (χ3v) is 9.61. The van der Waals surface area contributed by atoms with Gasteiger partial charge in [-0.2, -0.15) is 10.6 Å². The van der Waals surface area contributed by atoms with Gasteiger partial charge in [-0.3, -0.25) is 19.3 Å². The minimum atomic E-state index is -3.26. The minimum absolute atomic E-state index is 0.0172. The number of carbonyl (C=O) groups is 1. The highest BCUT2D eigenvalue weighted by Crippen LogP contribution is 2.62. The van der Waals surface area contributed by atoms with E-state index < -0.39 is 32.6 Å². The topological polar surface area (TPSA) is 122 Å². The number of aromatic nitrogens is 1. The van der Waals surface area contributed by atoms with Crippen LogP contribution < -0.4 is 10.6 Å². The van der Waals surface area contributed by atoms with Crippen LogP contribution in [0.2, 0.25) is 5.02 Å². The summed E-state index contributed by atoms with van der Waals surface area (Å²) in [7, 11) is -1.31. The Hall–Kier alpha value is -2.24. The van der Waals surface area contributed by atoms with Gasteiger partial charge >= 0.3 is 0 Å². The van der Waals surface area contributed by atoms with E-state index in [-0.39, 0.29) is 22.8 Å². The lowest BCUT2D eigenvalue weighted by atomic mass is 9.88. The summed E-state index contributed by atoms with van der Waals surface area (Å²) in [5.74, 6) is -1.19. The molecule has 2 aromatic rings. The Kier molecular flexibility index (Phi) is 6.17. The van der Waals surface area contributed by atoms with Gasteiger partial charge < -0.3 is 15.5 Å². The molecule has 178 valence electrons. The predicted octanol–water partition coefficient (Wildman–Crippen LogP) is 4.14. The van der Waals surface area contributed by atoms with Crippen molar-refractivity contribution in [1.82, 2.24) is 15.2 Å². The molecular formula is C22H27ClFN5O3S. The highest BCUT2D eigenvalue weighted by molar-refractivity contribution is 8.26. The van der Waals surface area contributed by atoms with Gasteiger partial charge in [-0.25, -0.2) is 9.37 Å². The number of nitrogens with zero attached hydrogens (tertiary/aromatic N) is 2. The van der Waals surface area contributed by atoms with Crippen molar-refractivity contribution < 1.29 is 18.3 Å². The number of hydrogen-bond donors (Lipinski definition) is 5. The first-order valence-electron chi connectivity index (χ1n) is 10.5. The molecule has 2 aliphatic heterocycles. The van der Waals surface area contributed by atoms with E-state index in [9.17, 15) is 18.3 Å². The lowest BCUT2D eigenvalue weighted by molar-refractivity contribution is 0.102. The van der Waals surface area contributed by atoms with Crippen molar-refractivity contribution in [3.63, 3.8) is 0 Å². The standard InChI is InChI=1S/C22H27ClFN5O3S/c1-21(13-33(31,32)22(20(25)28-21)7-9-29(2)10-8-22)16-11-15(4-5-17(16)24)27-19(30)18-6-3-14(23)12-26-18/h3-6,11-12,31-32H,7-10,13H2,1-2H3,(H2,25,28)(H,27,30)/t21-/m0/s1. The number of rotatable bonds is 3. The van der Waals surface area contributed by atoms with E-state index in [4.69, 9.17) is 17.0 Å². The number of piperidine rings is 1. The number of nitrogens with one attached hydrogen (secondary N) is 3. The molecule has 8 nitrogen and oxygen atoms in total. The van der Waals surface area contributed by atoms with Crippen LogP contribution in [-0.2, 0) is 5.54 Å². The average molecular weight is 496 g/mol. The molecule has 33 heavy (non-hydrogen) atoms. The van der Waals surface area contributed by atoms with Crippen molar-refractivity contribution in [3.8, 4) is 0 Å². The molecule has 1 aromatic carbocycles. The zero-order valence-corrected chi connectivity index (χ0v) is 19.9. The SMILES string of the molecule is CN1CCC2(CC1)C(=N)N[C@](C)(c1cc(NC(=O)c3ccc(Cl)cn3)ccc1F)CS2(O)O. The second-order valence-electron chi connectivity index (χ2n) is 8.95. The number of hydrogen-bond acceptors (Lipinski definition) is 6. The summed E-state index contributed by atoms with van der Waals surface area (Å²) in [6.45, 7) is 2.93. The van der Waals surface area contributed by atoms with Gasteiger partial charge in [-0.15, -0.1) is 0 Å². The molecular weight excluding hydrogens is 469 g/mol. The molecule has 0 aliphatic carbocycles. The smallest absolute Gasteiger partial charge is 0.274 e. The van der Waals surface area contributed by atoms with E-state index in [0.29, 0.717) is 36.6 Å². The third-order valence-electron chi connectivity index (χ3n) is 6.55. The number of amidine groups is 1. The molecule has 3 heterocycles. The molecule has 11 heteroatoms. The van der Waals surface area contributed by atoms with E-state index in [1.165, 1.54) is 30.5 Å². The Labute approximate surface area is 198 Å². The Balaban J connectivity index is 1.61. The van der Waals surface area contributed by atoms with Crippen LogP contribution in [0.15, 0.2) is 36.5 Å². The number of amides is 1. The molecule has 4 rings (SSSR count). The summed E-state index contributed by atoms with van der Waals surface area (Å²) in [6, 6.07) is 7.10. The highest BCUT2D eigenvalue weighted by atomic mass is 35.5. The predicted molar refractivity (Wildman–Crippen MR) is 129 cm³/mol. The third kappa shape index (κ3) is 4.33. The summed E-state index contributed by atoms with van der Waals surface area (Å²) in [5.41, 5.74) is -0.642. The van der Waals surface area contributed by atoms with Gasteiger partial charge in [0.2, 0.25) is 0 Å². The summed E-state index contributed by atoms with van der Waals surface area (Å²) in [5, 5.41) is 14.8. The van der Waals surface area contributed by atoms with Crippen molar-refractivity contribution in [2.75, 3.05) is 31.2 Å². The monoisotopic (exact) mass is 495 g/mol. The van der Waals surface area contributed by atoms with Gasteiger partial charge in [-0.1, -0.05) is 11.6 Å². The van der Waals surface area contributed by atoms with E-state index in [0.717, 1.165) is 0 Å². The van der Waals surface area contributed by atoms with Crippen molar-refractivity contribution >= 4 is 39.6 Å². The molecule has 0 bridgehead atoms. The number of benzene rings is 1. The molecule has 1 amide bonds. The second kappa shape index (κ2) is 8.52. The summed E-state index contributed by atoms with van der Waals surface area (Å²) >= 11 is 5.81. The van der Waals surface area contributed by atoms with Crippen LogP contribution in [-0.4, -0.2) is 61.4 Å². The van der Waals surface area contributed by atoms with Crippen LogP contribution in [0.5, 0.6) is 0 Å². The highest BCUT2D eigenvalue weighted by Gasteiger charge is 2.56. The van der Waals surface area contributed by atoms with Crippen LogP contribution in [0, 0.1) is 11.2 Å². The second-order valence-corrected chi connectivity index (χ2v) is 11.8. The molecule has 0 radical (unpaired) electrons. The number of anilines is 1. The number of halogens is 2. The van der Waals surface area contributed by atoms with Gasteiger partial charge in [0.05, 0.1) is 16.3 Å². The van der Waals surface area contributed by atoms with Crippen LogP contribution in [0.1, 0.15) is 35.8 Å². The number of carbonyl (C=O) groups excluding carboxylic acids is 1. The van der Waals surface area contributed by atoms with Crippen LogP contribution in [0.3, 0.4) is 0 Å². The first kappa shape index (κ1) is 23.9. The Bertz CT molecular complexity index is 1090. The normalized spacial score (nSPS) is 25.3. The Morgan fingerprint density at radius 2 is 2.00 bits per heavy atom. The minimum Gasteiger partial charge on any atom is -0.361 e. The number of pyridine rings is 1. The quantitative estimate of drug-likeness (QED) is 0.436.